The van der Waals surface area contributed by atoms with Crippen molar-refractivity contribution in [3.8, 4) is 17.6 Å². The van der Waals surface area contributed by atoms with Crippen molar-refractivity contribution in [3.05, 3.63) is 103 Å². The Balaban J connectivity index is 1.56. The van der Waals surface area contributed by atoms with E-state index in [2.05, 4.69) is 26.7 Å². The van der Waals surface area contributed by atoms with Crippen LogP contribution in [0.3, 0.4) is 0 Å². The highest BCUT2D eigenvalue weighted by atomic mass is 35.5. The van der Waals surface area contributed by atoms with Gasteiger partial charge in [0.1, 0.15) is 6.33 Å². The van der Waals surface area contributed by atoms with Crippen LogP contribution in [0.25, 0.3) is 0 Å². The number of nitrogens with one attached hydrogen (secondary N) is 2. The molecular formula is C29H26Cl2N6O4. The van der Waals surface area contributed by atoms with Gasteiger partial charge >= 0.3 is 5.69 Å². The highest BCUT2D eigenvalue weighted by Gasteiger charge is 2.25. The number of ether oxygens (including phenoxy) is 2. The molecule has 0 spiro atoms. The quantitative estimate of drug-likeness (QED) is 0.138. The first-order chi connectivity index (χ1) is 19.7. The molecule has 0 saturated carbocycles. The Hall–Kier alpha value is -4.59. The summed E-state index contributed by atoms with van der Waals surface area (Å²) in [6.07, 6.45) is 1.79. The van der Waals surface area contributed by atoms with Crippen LogP contribution in [0.2, 0.25) is 10.0 Å². The van der Waals surface area contributed by atoms with Crippen LogP contribution in [0, 0.1) is 28.4 Å². The predicted molar refractivity (Wildman–Crippen MR) is 159 cm³/mol. The molecule has 0 aliphatic heterocycles. The van der Waals surface area contributed by atoms with Crippen molar-refractivity contribution in [1.82, 2.24) is 9.97 Å². The van der Waals surface area contributed by atoms with E-state index in [9.17, 15) is 15.4 Å². The average Bonchev–Trinajstić information content (AvgIpc) is 2.96. The number of rotatable bonds is 11. The summed E-state index contributed by atoms with van der Waals surface area (Å²) in [5.74, 6) is 0.657. The van der Waals surface area contributed by atoms with Gasteiger partial charge in [-0.3, -0.25) is 10.1 Å². The van der Waals surface area contributed by atoms with E-state index in [0.717, 1.165) is 16.7 Å². The maximum atomic E-state index is 12.1. The van der Waals surface area contributed by atoms with Gasteiger partial charge in [-0.1, -0.05) is 47.5 Å². The zero-order valence-corrected chi connectivity index (χ0v) is 24.0. The smallest absolute Gasteiger partial charge is 0.353 e. The Morgan fingerprint density at radius 3 is 2.39 bits per heavy atom. The van der Waals surface area contributed by atoms with E-state index in [1.165, 1.54) is 6.33 Å². The van der Waals surface area contributed by atoms with Crippen molar-refractivity contribution < 1.29 is 14.4 Å². The molecule has 1 unspecified atom stereocenters. The minimum absolute atomic E-state index is 0.0000628. The van der Waals surface area contributed by atoms with Gasteiger partial charge in [-0.15, -0.1) is 0 Å². The summed E-state index contributed by atoms with van der Waals surface area (Å²) in [5, 5.41) is 28.9. The first-order valence-corrected chi connectivity index (χ1v) is 13.2. The highest BCUT2D eigenvalue weighted by Crippen LogP contribution is 2.37. The molecule has 1 aromatic heterocycles. The third-order valence-corrected chi connectivity index (χ3v) is 6.98. The molecule has 4 aromatic rings. The summed E-state index contributed by atoms with van der Waals surface area (Å²) in [6, 6.07) is 18.2. The van der Waals surface area contributed by atoms with Crippen LogP contribution in [-0.2, 0) is 6.42 Å². The molecule has 0 radical (unpaired) electrons. The number of nitro groups is 1. The summed E-state index contributed by atoms with van der Waals surface area (Å²) >= 11 is 12.6. The van der Waals surface area contributed by atoms with Gasteiger partial charge in [0, 0.05) is 22.3 Å². The Bertz CT molecular complexity index is 1610. The lowest BCUT2D eigenvalue weighted by Gasteiger charge is -2.17. The average molecular weight is 593 g/mol. The molecule has 210 valence electrons. The number of anilines is 3. The summed E-state index contributed by atoms with van der Waals surface area (Å²) in [4.78, 5) is 19.8. The zero-order valence-electron chi connectivity index (χ0n) is 22.4. The van der Waals surface area contributed by atoms with Crippen molar-refractivity contribution in [2.75, 3.05) is 31.4 Å². The van der Waals surface area contributed by atoms with Gasteiger partial charge < -0.3 is 20.1 Å². The van der Waals surface area contributed by atoms with E-state index < -0.39 is 10.8 Å². The lowest BCUT2D eigenvalue weighted by atomic mass is 9.91. The number of aromatic nitrogens is 2. The van der Waals surface area contributed by atoms with Crippen molar-refractivity contribution >= 4 is 46.2 Å². The van der Waals surface area contributed by atoms with Gasteiger partial charge in [-0.2, -0.15) is 5.26 Å². The first kappa shape index (κ1) is 29.4. The van der Waals surface area contributed by atoms with Gasteiger partial charge in [0.05, 0.1) is 31.1 Å². The minimum atomic E-state index is -0.623. The minimum Gasteiger partial charge on any atom is -0.493 e. The van der Waals surface area contributed by atoms with Gasteiger partial charge in [-0.25, -0.2) is 9.97 Å². The van der Waals surface area contributed by atoms with Crippen LogP contribution in [0.1, 0.15) is 28.2 Å². The van der Waals surface area contributed by atoms with Crippen LogP contribution in [0.5, 0.6) is 11.5 Å². The Morgan fingerprint density at radius 1 is 1.02 bits per heavy atom. The number of benzene rings is 3. The molecule has 0 aliphatic rings. The van der Waals surface area contributed by atoms with Gasteiger partial charge in [0.15, 0.2) is 11.5 Å². The number of halogens is 2. The van der Waals surface area contributed by atoms with Crippen LogP contribution in [0.4, 0.5) is 23.0 Å². The molecule has 0 fully saturated rings. The predicted octanol–water partition coefficient (Wildman–Crippen LogP) is 7.07. The molecule has 1 atom stereocenters. The van der Waals surface area contributed by atoms with E-state index in [0.29, 0.717) is 45.8 Å². The number of aryl methyl sites for hydroxylation is 1. The monoisotopic (exact) mass is 592 g/mol. The fourth-order valence-corrected chi connectivity index (χ4v) is 4.70. The molecule has 2 N–H and O–H groups in total. The largest absolute Gasteiger partial charge is 0.493 e. The van der Waals surface area contributed by atoms with Crippen molar-refractivity contribution in [3.63, 3.8) is 0 Å². The first-order valence-electron chi connectivity index (χ1n) is 12.4. The van der Waals surface area contributed by atoms with E-state index >= 15 is 0 Å². The van der Waals surface area contributed by atoms with Crippen molar-refractivity contribution in [2.45, 2.75) is 19.3 Å². The lowest BCUT2D eigenvalue weighted by Crippen LogP contribution is -2.11. The number of nitrogens with zero attached hydrogens (tertiary/aromatic N) is 4. The SMILES string of the molecule is COc1ccc(CCNc2ncnc(Nc3cc(Cl)c(C(C#N)c4ccc(Cl)cc4)cc3C)c2[N+](=O)[O-])cc1OC. The van der Waals surface area contributed by atoms with E-state index in [1.54, 1.807) is 56.7 Å². The number of hydrogen-bond donors (Lipinski definition) is 2. The maximum Gasteiger partial charge on any atom is 0.353 e. The zero-order chi connectivity index (χ0) is 29.5. The summed E-state index contributed by atoms with van der Waals surface area (Å²) in [6.45, 7) is 2.18. The molecule has 0 bridgehead atoms. The lowest BCUT2D eigenvalue weighted by molar-refractivity contribution is -0.383. The van der Waals surface area contributed by atoms with Gasteiger partial charge in [0.25, 0.3) is 0 Å². The third-order valence-electron chi connectivity index (χ3n) is 6.40. The van der Waals surface area contributed by atoms with Crippen LogP contribution < -0.4 is 20.1 Å². The molecule has 41 heavy (non-hydrogen) atoms. The van der Waals surface area contributed by atoms with E-state index in [1.807, 2.05) is 19.1 Å². The second-order valence-corrected chi connectivity index (χ2v) is 9.81. The second-order valence-electron chi connectivity index (χ2n) is 8.97. The molecule has 3 aromatic carbocycles. The molecule has 12 heteroatoms. The number of methoxy groups -OCH3 is 2. The fraction of sp³-hybridized carbons (Fsp3) is 0.207. The summed E-state index contributed by atoms with van der Waals surface area (Å²) < 4.78 is 10.6. The molecule has 4 rings (SSSR count). The molecule has 0 saturated heterocycles. The van der Waals surface area contributed by atoms with Crippen LogP contribution >= 0.6 is 23.2 Å². The molecular weight excluding hydrogens is 567 g/mol. The molecule has 1 heterocycles. The molecule has 0 aliphatic carbocycles. The fourth-order valence-electron chi connectivity index (χ4n) is 4.30. The third kappa shape index (κ3) is 6.77. The van der Waals surface area contributed by atoms with Gasteiger partial charge in [-0.05, 0) is 65.9 Å². The molecule has 0 amide bonds. The van der Waals surface area contributed by atoms with E-state index in [-0.39, 0.29) is 17.3 Å². The maximum absolute atomic E-state index is 12.1. The Kier molecular flexibility index (Phi) is 9.45. The molecule has 10 nitrogen and oxygen atoms in total. The van der Waals surface area contributed by atoms with Gasteiger partial charge in [0.2, 0.25) is 11.6 Å². The van der Waals surface area contributed by atoms with Crippen LogP contribution in [0.15, 0.2) is 60.9 Å². The Morgan fingerprint density at radius 2 is 1.73 bits per heavy atom. The normalized spacial score (nSPS) is 11.3. The Labute approximate surface area is 247 Å². The second kappa shape index (κ2) is 13.2. The summed E-state index contributed by atoms with van der Waals surface area (Å²) in [7, 11) is 3.12. The van der Waals surface area contributed by atoms with Crippen molar-refractivity contribution in [1.29, 1.82) is 5.26 Å². The van der Waals surface area contributed by atoms with Crippen LogP contribution in [-0.4, -0.2) is 35.7 Å². The summed E-state index contributed by atoms with van der Waals surface area (Å²) in [5.41, 5.74) is 3.21. The van der Waals surface area contributed by atoms with Crippen molar-refractivity contribution in [2.24, 2.45) is 0 Å². The standard InChI is InChI=1S/C29H26Cl2N6O4/c1-17-12-21(22(15-32)19-5-7-20(30)8-6-19)23(31)14-24(17)36-29-27(37(38)39)28(34-16-35-29)33-11-10-18-4-9-25(40-2)26(13-18)41-3/h4-9,12-14,16,22H,10-11H2,1-3H3,(H2,33,34,35,36). The highest BCUT2D eigenvalue weighted by molar-refractivity contribution is 6.32. The number of nitriles is 1. The topological polar surface area (TPSA) is 135 Å². The number of hydrogen-bond acceptors (Lipinski definition) is 9. The van der Waals surface area contributed by atoms with E-state index in [4.69, 9.17) is 32.7 Å².